The van der Waals surface area contributed by atoms with E-state index in [9.17, 15) is 4.79 Å². The maximum Gasteiger partial charge on any atom is 0.227 e. The number of carbonyl (C=O) groups excluding carboxylic acids is 1. The van der Waals surface area contributed by atoms with E-state index >= 15 is 0 Å². The first-order valence-electron chi connectivity index (χ1n) is 9.72. The summed E-state index contributed by atoms with van der Waals surface area (Å²) in [6.45, 7) is 4.08. The zero-order valence-electron chi connectivity index (χ0n) is 16.8. The molecule has 0 atom stereocenters. The third-order valence-electron chi connectivity index (χ3n) is 5.23. The molecule has 6 nitrogen and oxygen atoms in total. The Balaban J connectivity index is 1.31. The summed E-state index contributed by atoms with van der Waals surface area (Å²) in [6, 6.07) is 13.9. The van der Waals surface area contributed by atoms with Gasteiger partial charge in [0.2, 0.25) is 5.91 Å². The summed E-state index contributed by atoms with van der Waals surface area (Å²) in [5.74, 6) is 1.47. The molecule has 1 fully saturated rings. The van der Waals surface area contributed by atoms with Gasteiger partial charge in [0, 0.05) is 26.2 Å². The Kier molecular flexibility index (Phi) is 5.97. The summed E-state index contributed by atoms with van der Waals surface area (Å²) in [5.41, 5.74) is 2.00. The number of fused-ring (bicyclic) bond motifs is 1. The smallest absolute Gasteiger partial charge is 0.227 e. The number of benzene rings is 2. The number of carbonyl (C=O) groups is 1. The van der Waals surface area contributed by atoms with E-state index in [1.54, 1.807) is 25.6 Å². The Morgan fingerprint density at radius 1 is 1.03 bits per heavy atom. The predicted octanol–water partition coefficient (Wildman–Crippen LogP) is 3.20. The van der Waals surface area contributed by atoms with E-state index < -0.39 is 0 Å². The first-order chi connectivity index (χ1) is 14.2. The average Bonchev–Trinajstić information content (AvgIpc) is 3.16. The molecule has 7 heteroatoms. The number of amides is 1. The molecule has 0 unspecified atom stereocenters. The van der Waals surface area contributed by atoms with Gasteiger partial charge in [-0.3, -0.25) is 9.69 Å². The summed E-state index contributed by atoms with van der Waals surface area (Å²) in [5, 5.41) is 1.14. The van der Waals surface area contributed by atoms with E-state index in [1.165, 1.54) is 4.70 Å². The van der Waals surface area contributed by atoms with Gasteiger partial charge in [0.25, 0.3) is 0 Å². The van der Waals surface area contributed by atoms with Gasteiger partial charge in [-0.1, -0.05) is 18.2 Å². The maximum absolute atomic E-state index is 12.7. The normalized spacial score (nSPS) is 14.9. The number of rotatable bonds is 6. The van der Waals surface area contributed by atoms with Gasteiger partial charge in [0.15, 0.2) is 11.5 Å². The summed E-state index contributed by atoms with van der Waals surface area (Å²) < 4.78 is 11.8. The molecule has 2 heterocycles. The van der Waals surface area contributed by atoms with Crippen LogP contribution in [0.15, 0.2) is 42.5 Å². The molecule has 1 saturated heterocycles. The molecule has 3 aromatic rings. The Morgan fingerprint density at radius 3 is 2.52 bits per heavy atom. The van der Waals surface area contributed by atoms with Crippen molar-refractivity contribution in [2.45, 2.75) is 13.0 Å². The molecule has 1 aliphatic rings. The number of hydrogen-bond donors (Lipinski definition) is 0. The monoisotopic (exact) mass is 411 g/mol. The maximum atomic E-state index is 12.7. The van der Waals surface area contributed by atoms with Crippen LogP contribution in [0.1, 0.15) is 10.6 Å². The van der Waals surface area contributed by atoms with Crippen LogP contribution in [0.5, 0.6) is 11.5 Å². The van der Waals surface area contributed by atoms with Gasteiger partial charge in [0.1, 0.15) is 5.01 Å². The van der Waals surface area contributed by atoms with Crippen LogP contribution in [-0.2, 0) is 17.8 Å². The van der Waals surface area contributed by atoms with E-state index in [2.05, 4.69) is 17.0 Å². The molecule has 0 N–H and O–H groups in total. The summed E-state index contributed by atoms with van der Waals surface area (Å²) in [7, 11) is 3.21. The fraction of sp³-hybridized carbons (Fsp3) is 0.364. The lowest BCUT2D eigenvalue weighted by atomic mass is 10.1. The molecule has 0 bridgehead atoms. The van der Waals surface area contributed by atoms with Gasteiger partial charge in [-0.15, -0.1) is 11.3 Å². The number of methoxy groups -OCH3 is 2. The molecule has 0 spiro atoms. The van der Waals surface area contributed by atoms with E-state index in [0.29, 0.717) is 17.9 Å². The van der Waals surface area contributed by atoms with Crippen molar-refractivity contribution >= 4 is 27.5 Å². The second kappa shape index (κ2) is 8.80. The molecule has 2 aromatic carbocycles. The van der Waals surface area contributed by atoms with E-state index in [1.807, 2.05) is 35.2 Å². The average molecular weight is 412 g/mol. The fourth-order valence-electron chi connectivity index (χ4n) is 3.61. The Morgan fingerprint density at radius 2 is 1.79 bits per heavy atom. The van der Waals surface area contributed by atoms with Gasteiger partial charge >= 0.3 is 0 Å². The zero-order chi connectivity index (χ0) is 20.2. The Labute approximate surface area is 174 Å². The highest BCUT2D eigenvalue weighted by atomic mass is 32.1. The number of ether oxygens (including phenoxy) is 2. The highest BCUT2D eigenvalue weighted by molar-refractivity contribution is 7.18. The third-order valence-corrected chi connectivity index (χ3v) is 6.25. The van der Waals surface area contributed by atoms with Crippen LogP contribution >= 0.6 is 11.3 Å². The van der Waals surface area contributed by atoms with Crippen LogP contribution in [-0.4, -0.2) is 61.1 Å². The fourth-order valence-corrected chi connectivity index (χ4v) is 4.62. The van der Waals surface area contributed by atoms with Gasteiger partial charge in [0.05, 0.1) is 37.4 Å². The highest BCUT2D eigenvalue weighted by Crippen LogP contribution is 2.28. The third kappa shape index (κ3) is 4.52. The van der Waals surface area contributed by atoms with Gasteiger partial charge < -0.3 is 14.4 Å². The number of thiazole rings is 1. The SMILES string of the molecule is COc1ccc(CC(=O)N2CCN(Cc3nc4ccccc4s3)CC2)cc1OC. The van der Waals surface area contributed by atoms with Crippen LogP contribution in [0.25, 0.3) is 10.2 Å². The summed E-state index contributed by atoms with van der Waals surface area (Å²) in [4.78, 5) is 21.8. The molecule has 0 radical (unpaired) electrons. The van der Waals surface area contributed by atoms with Crippen molar-refractivity contribution in [2.24, 2.45) is 0 Å². The minimum Gasteiger partial charge on any atom is -0.493 e. The van der Waals surface area contributed by atoms with Crippen LogP contribution < -0.4 is 9.47 Å². The van der Waals surface area contributed by atoms with Crippen LogP contribution in [0, 0.1) is 0 Å². The molecule has 1 aromatic heterocycles. The van der Waals surface area contributed by atoms with E-state index in [-0.39, 0.29) is 5.91 Å². The molecular weight excluding hydrogens is 386 g/mol. The van der Waals surface area contributed by atoms with Crippen molar-refractivity contribution in [3.8, 4) is 11.5 Å². The zero-order valence-corrected chi connectivity index (χ0v) is 17.6. The second-order valence-corrected chi connectivity index (χ2v) is 8.21. The van der Waals surface area contributed by atoms with Crippen molar-refractivity contribution in [1.82, 2.24) is 14.8 Å². The molecule has 4 rings (SSSR count). The highest BCUT2D eigenvalue weighted by Gasteiger charge is 2.22. The molecule has 0 saturated carbocycles. The standard InChI is InChI=1S/C22H25N3O3S/c1-27-18-8-7-16(13-19(18)28-2)14-22(26)25-11-9-24(10-12-25)15-21-23-17-5-3-4-6-20(17)29-21/h3-8,13H,9-12,14-15H2,1-2H3. The Bertz CT molecular complexity index is 963. The minimum atomic E-state index is 0.150. The second-order valence-electron chi connectivity index (χ2n) is 7.10. The lowest BCUT2D eigenvalue weighted by molar-refractivity contribution is -0.132. The van der Waals surface area contributed by atoms with Crippen molar-refractivity contribution in [3.05, 3.63) is 53.0 Å². The predicted molar refractivity (Wildman–Crippen MR) is 115 cm³/mol. The first kappa shape index (κ1) is 19.7. The summed E-state index contributed by atoms with van der Waals surface area (Å²) >= 11 is 1.75. The quantitative estimate of drug-likeness (QED) is 0.624. The minimum absolute atomic E-state index is 0.150. The topological polar surface area (TPSA) is 54.9 Å². The molecule has 29 heavy (non-hydrogen) atoms. The lowest BCUT2D eigenvalue weighted by Gasteiger charge is -2.34. The van der Waals surface area contributed by atoms with Crippen LogP contribution in [0.4, 0.5) is 0 Å². The Hall–Kier alpha value is -2.64. The lowest BCUT2D eigenvalue weighted by Crippen LogP contribution is -2.48. The van der Waals surface area contributed by atoms with Gasteiger partial charge in [-0.2, -0.15) is 0 Å². The number of aromatic nitrogens is 1. The molecular formula is C22H25N3O3S. The number of hydrogen-bond acceptors (Lipinski definition) is 6. The first-order valence-corrected chi connectivity index (χ1v) is 10.5. The van der Waals surface area contributed by atoms with Crippen molar-refractivity contribution < 1.29 is 14.3 Å². The molecule has 0 aliphatic carbocycles. The molecule has 1 aliphatic heterocycles. The van der Waals surface area contributed by atoms with Gasteiger partial charge in [-0.25, -0.2) is 4.98 Å². The largest absolute Gasteiger partial charge is 0.493 e. The van der Waals surface area contributed by atoms with E-state index in [0.717, 1.165) is 48.8 Å². The molecule has 152 valence electrons. The van der Waals surface area contributed by atoms with Crippen molar-refractivity contribution in [3.63, 3.8) is 0 Å². The van der Waals surface area contributed by atoms with Crippen LogP contribution in [0.2, 0.25) is 0 Å². The van der Waals surface area contributed by atoms with Crippen molar-refractivity contribution in [1.29, 1.82) is 0 Å². The van der Waals surface area contributed by atoms with E-state index in [4.69, 9.17) is 14.5 Å². The molecule has 1 amide bonds. The number of piperazine rings is 1. The van der Waals surface area contributed by atoms with Crippen LogP contribution in [0.3, 0.4) is 0 Å². The van der Waals surface area contributed by atoms with Gasteiger partial charge in [-0.05, 0) is 29.8 Å². The number of nitrogens with zero attached hydrogens (tertiary/aromatic N) is 3. The number of para-hydroxylation sites is 1. The van der Waals surface area contributed by atoms with Crippen molar-refractivity contribution in [2.75, 3.05) is 40.4 Å². The summed E-state index contributed by atoms with van der Waals surface area (Å²) in [6.07, 6.45) is 0.373.